The maximum Gasteiger partial charge on any atom is 0.164 e. The van der Waals surface area contributed by atoms with Crippen LogP contribution in [0, 0.1) is 16.7 Å². The molecule has 0 aromatic carbocycles. The summed E-state index contributed by atoms with van der Waals surface area (Å²) in [5.41, 5.74) is -0.135. The summed E-state index contributed by atoms with van der Waals surface area (Å²) >= 11 is 0. The molecule has 2 aliphatic rings. The van der Waals surface area contributed by atoms with Crippen molar-refractivity contribution in [2.45, 2.75) is 46.9 Å². The van der Waals surface area contributed by atoms with Gasteiger partial charge in [0, 0.05) is 8.16 Å². The first-order chi connectivity index (χ1) is 7.25. The van der Waals surface area contributed by atoms with Gasteiger partial charge in [0.2, 0.25) is 0 Å². The highest BCUT2D eigenvalue weighted by atomic mass is 16.1. The number of hydrogen-bond donors (Lipinski definition) is 0. The smallest absolute Gasteiger partial charge is 0.164 e. The van der Waals surface area contributed by atoms with Crippen molar-refractivity contribution >= 4 is 5.78 Å². The lowest BCUT2D eigenvalue weighted by molar-refractivity contribution is -0.124. The Kier molecular flexibility index (Phi) is 1.49. The van der Waals surface area contributed by atoms with Gasteiger partial charge in [0.05, 0.1) is 0 Å². The van der Waals surface area contributed by atoms with Crippen molar-refractivity contribution in [3.63, 3.8) is 0 Å². The van der Waals surface area contributed by atoms with Gasteiger partial charge >= 0.3 is 0 Å². The van der Waals surface area contributed by atoms with Gasteiger partial charge in [-0.15, -0.1) is 0 Å². The molecule has 0 amide bonds. The summed E-state index contributed by atoms with van der Waals surface area (Å²) in [7, 11) is 0. The second-order valence-corrected chi connectivity index (χ2v) is 5.35. The second-order valence-electron chi connectivity index (χ2n) is 5.35. The molecule has 2 bridgehead atoms. The zero-order valence-electron chi connectivity index (χ0n) is 11.4. The van der Waals surface area contributed by atoms with Crippen LogP contribution in [0.15, 0.2) is 11.6 Å². The molecule has 1 fully saturated rings. The fraction of sp³-hybridized carbons (Fsp3) is 0.769. The minimum atomic E-state index is -0.629. The first-order valence-electron chi connectivity index (χ1n) is 6.50. The largest absolute Gasteiger partial charge is 0.294 e. The molecule has 14 heavy (non-hydrogen) atoms. The van der Waals surface area contributed by atoms with E-state index < -0.39 is 18.2 Å². The number of carbonyl (C=O) groups is 1. The van der Waals surface area contributed by atoms with Crippen LogP contribution in [0.3, 0.4) is 0 Å². The Morgan fingerprint density at radius 1 is 1.50 bits per heavy atom. The minimum Gasteiger partial charge on any atom is -0.294 e. The van der Waals surface area contributed by atoms with Gasteiger partial charge in [-0.05, 0) is 43.0 Å². The predicted molar refractivity (Wildman–Crippen MR) is 58.0 cm³/mol. The van der Waals surface area contributed by atoms with Crippen molar-refractivity contribution in [1.29, 1.82) is 0 Å². The van der Waals surface area contributed by atoms with E-state index in [0.717, 1.165) is 5.57 Å². The Bertz CT molecular complexity index is 374. The molecule has 0 heterocycles. The van der Waals surface area contributed by atoms with E-state index >= 15 is 0 Å². The molecule has 2 aliphatic carbocycles. The summed E-state index contributed by atoms with van der Waals surface area (Å²) in [4.78, 5) is 12.2. The summed E-state index contributed by atoms with van der Waals surface area (Å²) < 4.78 is 16.4. The van der Waals surface area contributed by atoms with E-state index in [1.54, 1.807) is 0 Å². The van der Waals surface area contributed by atoms with Crippen LogP contribution < -0.4 is 0 Å². The third-order valence-corrected chi connectivity index (χ3v) is 3.87. The highest BCUT2D eigenvalue weighted by Crippen LogP contribution is 2.58. The van der Waals surface area contributed by atoms with Gasteiger partial charge in [-0.25, -0.2) is 0 Å². The lowest BCUT2D eigenvalue weighted by Crippen LogP contribution is -2.34. The molecule has 2 rings (SSSR count). The van der Waals surface area contributed by atoms with E-state index in [9.17, 15) is 4.79 Å². The van der Waals surface area contributed by atoms with E-state index in [-0.39, 0.29) is 11.2 Å². The van der Waals surface area contributed by atoms with Crippen LogP contribution in [-0.2, 0) is 4.79 Å². The monoisotopic (exact) mass is 194 g/mol. The average molecular weight is 194 g/mol. The number of ketones is 1. The van der Waals surface area contributed by atoms with Crippen molar-refractivity contribution < 1.29 is 7.54 Å². The van der Waals surface area contributed by atoms with Crippen LogP contribution in [0.5, 0.6) is 0 Å². The number of hydrogen-bond acceptors (Lipinski definition) is 1. The molecule has 1 heteroatoms. The van der Waals surface area contributed by atoms with E-state index in [1.165, 1.54) is 0 Å². The number of rotatable bonds is 1. The zero-order chi connectivity index (χ0) is 12.3. The van der Waals surface area contributed by atoms with E-state index in [0.29, 0.717) is 12.3 Å². The first-order valence-corrected chi connectivity index (χ1v) is 5.34. The lowest BCUT2D eigenvalue weighted by atomic mass is 9.66. The molecule has 78 valence electrons. The summed E-state index contributed by atoms with van der Waals surface area (Å²) in [6, 6.07) is 0. The lowest BCUT2D eigenvalue weighted by Gasteiger charge is -2.37. The van der Waals surface area contributed by atoms with E-state index in [4.69, 9.17) is 2.74 Å². The summed E-state index contributed by atoms with van der Waals surface area (Å²) in [5, 5.41) is 0. The summed E-state index contributed by atoms with van der Waals surface area (Å²) in [6.07, 6.45) is 1.60. The molecule has 1 saturated carbocycles. The third kappa shape index (κ3) is 1.11. The highest BCUT2D eigenvalue weighted by Gasteiger charge is 2.53. The van der Waals surface area contributed by atoms with Crippen LogP contribution in [0.25, 0.3) is 0 Å². The van der Waals surface area contributed by atoms with Gasteiger partial charge in [-0.3, -0.25) is 4.79 Å². The van der Waals surface area contributed by atoms with Gasteiger partial charge in [0.15, 0.2) is 5.78 Å². The fourth-order valence-corrected chi connectivity index (χ4v) is 2.83. The van der Waals surface area contributed by atoms with Crippen molar-refractivity contribution in [3.05, 3.63) is 11.6 Å². The van der Waals surface area contributed by atoms with Crippen molar-refractivity contribution in [1.82, 2.24) is 0 Å². The Morgan fingerprint density at radius 2 is 2.14 bits per heavy atom. The molecule has 0 radical (unpaired) electrons. The first kappa shape index (κ1) is 7.67. The minimum absolute atomic E-state index is 0.0820. The highest BCUT2D eigenvalue weighted by molar-refractivity contribution is 6.00. The molecule has 0 aliphatic heterocycles. The maximum absolute atomic E-state index is 12.2. The number of fused-ring (bicyclic) bond motifs is 2. The molecule has 0 N–H and O–H groups in total. The van der Waals surface area contributed by atoms with Gasteiger partial charge in [-0.1, -0.05) is 26.8 Å². The Morgan fingerprint density at radius 3 is 2.71 bits per heavy atom. The topological polar surface area (TPSA) is 17.1 Å². The molecule has 0 aromatic rings. The number of Topliss-reactive ketones (excluding diaryl/α,β-unsaturated/α-hetero) is 1. The molecule has 4 atom stereocenters. The van der Waals surface area contributed by atoms with Gasteiger partial charge in [0.25, 0.3) is 0 Å². The fourth-order valence-electron chi connectivity index (χ4n) is 2.83. The van der Waals surface area contributed by atoms with Crippen LogP contribution in [-0.4, -0.2) is 5.78 Å². The number of allylic oxidation sites excluding steroid dienone is 2. The second kappa shape index (κ2) is 2.71. The van der Waals surface area contributed by atoms with E-state index in [1.807, 2.05) is 19.9 Å². The van der Waals surface area contributed by atoms with Crippen LogP contribution in [0.1, 0.15) is 49.7 Å². The van der Waals surface area contributed by atoms with Crippen molar-refractivity contribution in [2.24, 2.45) is 16.7 Å². The molecule has 4 unspecified atom stereocenters. The van der Waals surface area contributed by atoms with Crippen LogP contribution >= 0.6 is 0 Å². The van der Waals surface area contributed by atoms with Crippen molar-refractivity contribution in [3.8, 4) is 0 Å². The zero-order valence-corrected chi connectivity index (χ0v) is 9.42. The maximum atomic E-state index is 12.2. The summed E-state index contributed by atoms with van der Waals surface area (Å²) in [6.45, 7) is 7.90. The Labute approximate surface area is 89.4 Å². The van der Waals surface area contributed by atoms with Crippen molar-refractivity contribution in [2.75, 3.05) is 0 Å². The number of carbonyl (C=O) groups excluding carboxylic acids is 1. The molecular formula is C13H20O. The van der Waals surface area contributed by atoms with Gasteiger partial charge < -0.3 is 0 Å². The molecule has 0 saturated heterocycles. The van der Waals surface area contributed by atoms with Crippen LogP contribution in [0.4, 0.5) is 0 Å². The average Bonchev–Trinajstić information content (AvgIpc) is 2.38. The normalized spacial score (nSPS) is 54.4. The molecular weight excluding hydrogens is 172 g/mol. The predicted octanol–water partition coefficient (Wildman–Crippen LogP) is 3.35. The molecule has 0 spiro atoms. The Hall–Kier alpha value is -0.590. The van der Waals surface area contributed by atoms with Crippen LogP contribution in [0.2, 0.25) is 0 Å². The Balaban J connectivity index is 2.61. The summed E-state index contributed by atoms with van der Waals surface area (Å²) in [5.74, 6) is 0.395. The third-order valence-electron chi connectivity index (χ3n) is 3.87. The van der Waals surface area contributed by atoms with E-state index in [2.05, 4.69) is 13.8 Å². The standard InChI is InChI=1S/C13H20O/c1-9(2)13-6-5-12(4,8-13)11(14)10(3)7-13/h7,9H,5-6,8H2,1-4H3/i5D,6D. The SMILES string of the molecule is [2H]C1C([2H])C2(C(C)C)C=C(C)C(=O)C1(C)C2. The van der Waals surface area contributed by atoms with Gasteiger partial charge in [0.1, 0.15) is 0 Å². The molecule has 0 aromatic heterocycles. The van der Waals surface area contributed by atoms with Gasteiger partial charge in [-0.2, -0.15) is 0 Å². The quantitative estimate of drug-likeness (QED) is 0.625. The molecule has 1 nitrogen and oxygen atoms in total.